The fourth-order valence-electron chi connectivity index (χ4n) is 5.33. The summed E-state index contributed by atoms with van der Waals surface area (Å²) >= 11 is 0. The first-order valence-corrected chi connectivity index (χ1v) is 13.0. The van der Waals surface area contributed by atoms with Crippen LogP contribution in [0.2, 0.25) is 0 Å². The van der Waals surface area contributed by atoms with Crippen molar-refractivity contribution in [2.45, 2.75) is 90.4 Å². The van der Waals surface area contributed by atoms with E-state index in [0.717, 1.165) is 50.5 Å². The first kappa shape index (κ1) is 24.6. The normalized spacial score (nSPS) is 20.1. The van der Waals surface area contributed by atoms with E-state index in [2.05, 4.69) is 5.32 Å². The third-order valence-corrected chi connectivity index (χ3v) is 7.82. The van der Waals surface area contributed by atoms with Crippen molar-refractivity contribution in [1.82, 2.24) is 10.2 Å². The van der Waals surface area contributed by atoms with Crippen molar-refractivity contribution in [2.75, 3.05) is 13.1 Å². The van der Waals surface area contributed by atoms with Crippen molar-refractivity contribution >= 4 is 17.6 Å². The summed E-state index contributed by atoms with van der Waals surface area (Å²) in [5, 5.41) is 2.80. The molecule has 1 saturated heterocycles. The monoisotopic (exact) mass is 468 g/mol. The number of hydrogen-bond acceptors (Lipinski definition) is 3. The maximum Gasteiger partial charge on any atom is 0.258 e. The molecule has 1 aromatic rings. The first-order chi connectivity index (χ1) is 16.3. The van der Waals surface area contributed by atoms with E-state index in [4.69, 9.17) is 0 Å². The Balaban J connectivity index is 1.48. The number of Topliss-reactive ketones (excluding diaryl/α,β-unsaturated/α-hetero) is 1. The Kier molecular flexibility index (Phi) is 7.54. The van der Waals surface area contributed by atoms with E-state index in [1.54, 1.807) is 12.1 Å². The molecule has 0 spiro atoms. The number of carbonyl (C=O) groups is 3. The van der Waals surface area contributed by atoms with Crippen LogP contribution in [0.5, 0.6) is 0 Å². The summed E-state index contributed by atoms with van der Waals surface area (Å²) in [4.78, 5) is 40.5. The zero-order valence-electron chi connectivity index (χ0n) is 20.6. The van der Waals surface area contributed by atoms with Crippen molar-refractivity contribution in [3.8, 4) is 0 Å². The highest BCUT2D eigenvalue weighted by Gasteiger charge is 2.47. The minimum atomic E-state index is -0.550. The Bertz CT molecular complexity index is 979. The highest BCUT2D eigenvalue weighted by Crippen LogP contribution is 2.47. The van der Waals surface area contributed by atoms with Crippen LogP contribution in [0.4, 0.5) is 4.39 Å². The molecule has 0 unspecified atom stereocenters. The molecule has 4 rings (SSSR count). The number of ketones is 1. The third kappa shape index (κ3) is 5.26. The molecular weight excluding hydrogens is 431 g/mol. The van der Waals surface area contributed by atoms with Crippen LogP contribution in [0.15, 0.2) is 29.5 Å². The van der Waals surface area contributed by atoms with Gasteiger partial charge in [-0.15, -0.1) is 0 Å². The Hall–Kier alpha value is -2.50. The second-order valence-electron chi connectivity index (χ2n) is 10.5. The lowest BCUT2D eigenvalue weighted by atomic mass is 9.87. The van der Waals surface area contributed by atoms with E-state index in [1.165, 1.54) is 6.07 Å². The van der Waals surface area contributed by atoms with Crippen LogP contribution in [0, 0.1) is 11.2 Å². The summed E-state index contributed by atoms with van der Waals surface area (Å²) in [6, 6.07) is 4.96. The van der Waals surface area contributed by atoms with Crippen LogP contribution in [-0.2, 0) is 9.59 Å². The molecule has 1 aromatic carbocycles. The summed E-state index contributed by atoms with van der Waals surface area (Å²) in [7, 11) is 0. The number of halogens is 1. The van der Waals surface area contributed by atoms with Gasteiger partial charge in [-0.1, -0.05) is 32.4 Å². The van der Waals surface area contributed by atoms with Gasteiger partial charge in [-0.3, -0.25) is 14.4 Å². The number of benzene rings is 1. The largest absolute Gasteiger partial charge is 0.342 e. The average Bonchev–Trinajstić information content (AvgIpc) is 3.61. The highest BCUT2D eigenvalue weighted by molar-refractivity contribution is 6.04. The van der Waals surface area contributed by atoms with Crippen LogP contribution >= 0.6 is 0 Å². The number of allylic oxidation sites excluding steroid dienone is 2. The molecular formula is C28H37FN2O3. The van der Waals surface area contributed by atoms with Crippen LogP contribution in [-0.4, -0.2) is 35.6 Å². The topological polar surface area (TPSA) is 66.5 Å². The van der Waals surface area contributed by atoms with Gasteiger partial charge >= 0.3 is 0 Å². The van der Waals surface area contributed by atoms with Gasteiger partial charge < -0.3 is 10.2 Å². The van der Waals surface area contributed by atoms with E-state index < -0.39 is 11.7 Å². The van der Waals surface area contributed by atoms with Gasteiger partial charge in [-0.2, -0.15) is 0 Å². The minimum Gasteiger partial charge on any atom is -0.342 e. The molecule has 2 saturated carbocycles. The quantitative estimate of drug-likeness (QED) is 0.526. The minimum absolute atomic E-state index is 0.0142. The molecule has 2 aliphatic carbocycles. The number of nitrogens with one attached hydrogen (secondary N) is 1. The van der Waals surface area contributed by atoms with Gasteiger partial charge in [-0.25, -0.2) is 4.39 Å². The Morgan fingerprint density at radius 2 is 1.76 bits per heavy atom. The van der Waals surface area contributed by atoms with E-state index in [1.807, 2.05) is 18.7 Å². The zero-order chi connectivity index (χ0) is 24.3. The van der Waals surface area contributed by atoms with E-state index >= 15 is 4.39 Å². The Labute approximate surface area is 202 Å². The summed E-state index contributed by atoms with van der Waals surface area (Å²) in [5.74, 6) is -0.923. The Morgan fingerprint density at radius 1 is 1.09 bits per heavy atom. The van der Waals surface area contributed by atoms with Gasteiger partial charge in [0, 0.05) is 24.9 Å². The summed E-state index contributed by atoms with van der Waals surface area (Å²) in [6.07, 6.45) is 9.14. The molecule has 0 aromatic heterocycles. The standard InChI is InChI=1S/C28H37FN2O3/c1-3-8-23(32)25(20-9-5-4-6-10-20)30-26(33)22-12-7-11-21(24(22)29)19-13-17-31(18-14-19)27(34)28(2)15-16-28/h7,11-12,19H,3-6,8-10,13-18H2,1-2H3,(H,30,33). The number of nitrogens with zero attached hydrogens (tertiary/aromatic N) is 1. The summed E-state index contributed by atoms with van der Waals surface area (Å²) < 4.78 is 15.6. The molecule has 5 nitrogen and oxygen atoms in total. The predicted octanol–water partition coefficient (Wildman–Crippen LogP) is 5.65. The van der Waals surface area contributed by atoms with Gasteiger partial charge in [0.1, 0.15) is 5.82 Å². The summed E-state index contributed by atoms with van der Waals surface area (Å²) in [6.45, 7) is 5.20. The smallest absolute Gasteiger partial charge is 0.258 e. The van der Waals surface area contributed by atoms with E-state index in [-0.39, 0.29) is 28.6 Å². The molecule has 3 aliphatic rings. The lowest BCUT2D eigenvalue weighted by Gasteiger charge is -2.34. The molecule has 2 amide bonds. The SMILES string of the molecule is CCCC(=O)C(NC(=O)c1cccc(C2CCN(C(=O)C3(C)CC3)CC2)c1F)=C1CCCCC1. The van der Waals surface area contributed by atoms with Crippen molar-refractivity contribution in [2.24, 2.45) is 5.41 Å². The second-order valence-corrected chi connectivity index (χ2v) is 10.5. The van der Waals surface area contributed by atoms with Crippen LogP contribution in [0.1, 0.15) is 106 Å². The Morgan fingerprint density at radius 3 is 2.38 bits per heavy atom. The van der Waals surface area contributed by atoms with Gasteiger partial charge in [0.05, 0.1) is 11.3 Å². The highest BCUT2D eigenvalue weighted by atomic mass is 19.1. The van der Waals surface area contributed by atoms with Crippen molar-refractivity contribution < 1.29 is 18.8 Å². The second kappa shape index (κ2) is 10.4. The maximum absolute atomic E-state index is 15.6. The predicted molar refractivity (Wildman–Crippen MR) is 130 cm³/mol. The molecule has 0 atom stereocenters. The third-order valence-electron chi connectivity index (χ3n) is 7.82. The fourth-order valence-corrected chi connectivity index (χ4v) is 5.33. The molecule has 1 aliphatic heterocycles. The number of amides is 2. The van der Waals surface area contributed by atoms with Crippen LogP contribution < -0.4 is 5.32 Å². The van der Waals surface area contributed by atoms with Crippen LogP contribution in [0.25, 0.3) is 0 Å². The van der Waals surface area contributed by atoms with E-state index in [9.17, 15) is 14.4 Å². The number of likely N-dealkylation sites (tertiary alicyclic amines) is 1. The average molecular weight is 469 g/mol. The van der Waals surface area contributed by atoms with Crippen molar-refractivity contribution in [3.05, 3.63) is 46.4 Å². The maximum atomic E-state index is 15.6. The zero-order valence-corrected chi connectivity index (χ0v) is 20.6. The van der Waals surface area contributed by atoms with Crippen LogP contribution in [0.3, 0.4) is 0 Å². The lowest BCUT2D eigenvalue weighted by molar-refractivity contribution is -0.137. The number of piperidine rings is 1. The molecule has 3 fully saturated rings. The first-order valence-electron chi connectivity index (χ1n) is 13.0. The summed E-state index contributed by atoms with van der Waals surface area (Å²) in [5.41, 5.74) is 1.71. The number of hydrogen-bond donors (Lipinski definition) is 1. The fraction of sp³-hybridized carbons (Fsp3) is 0.607. The van der Waals surface area contributed by atoms with E-state index in [0.29, 0.717) is 50.0 Å². The molecule has 6 heteroatoms. The van der Waals surface area contributed by atoms with Crippen molar-refractivity contribution in [3.63, 3.8) is 0 Å². The molecule has 34 heavy (non-hydrogen) atoms. The molecule has 1 heterocycles. The van der Waals surface area contributed by atoms with Crippen molar-refractivity contribution in [1.29, 1.82) is 0 Å². The van der Waals surface area contributed by atoms with Gasteiger partial charge in [0.2, 0.25) is 5.91 Å². The molecule has 184 valence electrons. The van der Waals surface area contributed by atoms with Gasteiger partial charge in [0.25, 0.3) is 5.91 Å². The molecule has 0 bridgehead atoms. The number of carbonyl (C=O) groups excluding carboxylic acids is 3. The lowest BCUT2D eigenvalue weighted by Crippen LogP contribution is -2.41. The molecule has 0 radical (unpaired) electrons. The van der Waals surface area contributed by atoms with Gasteiger partial charge in [-0.05, 0) is 80.9 Å². The molecule has 1 N–H and O–H groups in total. The number of rotatable bonds is 7. The van der Waals surface area contributed by atoms with Gasteiger partial charge in [0.15, 0.2) is 5.78 Å².